The molecule has 4 rings (SSSR count). The molecule has 1 saturated heterocycles. The standard InChI is InChI=1S/C18H18N6O6/c19-14-10-15(21-6-20-14)24(7-22-10)17-12(26)9(13(30-17)18(28)29)23-16(27)11(25)8-4-2-1-3-5-8/h1-7,9,11-13,17,25-26H,(H,23,27)(H,28,29)(H2,19,20,21)/t9-,11+,12+,13-,17+/m0/s1. The number of aliphatic carboxylic acids is 1. The van der Waals surface area contributed by atoms with E-state index in [1.807, 2.05) is 0 Å². The minimum absolute atomic E-state index is 0.108. The molecule has 30 heavy (non-hydrogen) atoms. The Morgan fingerprint density at radius 3 is 2.63 bits per heavy atom. The molecule has 0 bridgehead atoms. The highest BCUT2D eigenvalue weighted by molar-refractivity contribution is 5.84. The van der Waals surface area contributed by atoms with Gasteiger partial charge in [0.25, 0.3) is 5.91 Å². The van der Waals surface area contributed by atoms with Crippen LogP contribution in [0.3, 0.4) is 0 Å². The molecule has 0 aliphatic carbocycles. The van der Waals surface area contributed by atoms with Crippen LogP contribution in [0.15, 0.2) is 43.0 Å². The summed E-state index contributed by atoms with van der Waals surface area (Å²) in [7, 11) is 0. The lowest BCUT2D eigenvalue weighted by Crippen LogP contribution is -2.51. The summed E-state index contributed by atoms with van der Waals surface area (Å²) in [4.78, 5) is 36.1. The number of rotatable bonds is 5. The number of aromatic nitrogens is 4. The second-order valence-corrected chi connectivity index (χ2v) is 6.71. The van der Waals surface area contributed by atoms with Crippen LogP contribution in [-0.4, -0.2) is 65.0 Å². The molecule has 12 nitrogen and oxygen atoms in total. The van der Waals surface area contributed by atoms with Gasteiger partial charge >= 0.3 is 5.97 Å². The number of hydrogen-bond acceptors (Lipinski definition) is 9. The maximum absolute atomic E-state index is 12.5. The molecular formula is C18H18N6O6. The van der Waals surface area contributed by atoms with Crippen molar-refractivity contribution in [3.05, 3.63) is 48.5 Å². The molecule has 1 aliphatic rings. The van der Waals surface area contributed by atoms with Crippen LogP contribution in [0.25, 0.3) is 11.2 Å². The molecule has 6 N–H and O–H groups in total. The lowest BCUT2D eigenvalue weighted by atomic mass is 10.0. The number of hydrogen-bond donors (Lipinski definition) is 5. The first-order chi connectivity index (χ1) is 14.4. The number of aliphatic hydroxyl groups is 2. The molecule has 12 heteroatoms. The fraction of sp³-hybridized carbons (Fsp3) is 0.278. The Hall–Kier alpha value is -3.61. The van der Waals surface area contributed by atoms with Gasteiger partial charge in [0.05, 0.1) is 12.4 Å². The molecule has 0 unspecified atom stereocenters. The van der Waals surface area contributed by atoms with Gasteiger partial charge in [0.1, 0.15) is 17.9 Å². The third-order valence-electron chi connectivity index (χ3n) is 4.85. The minimum Gasteiger partial charge on any atom is -0.479 e. The van der Waals surface area contributed by atoms with Gasteiger partial charge in [-0.05, 0) is 5.56 Å². The molecule has 3 aromatic rings. The number of carbonyl (C=O) groups is 2. The van der Waals surface area contributed by atoms with Crippen molar-refractivity contribution >= 4 is 28.9 Å². The monoisotopic (exact) mass is 414 g/mol. The lowest BCUT2D eigenvalue weighted by molar-refractivity contribution is -0.152. The molecule has 1 aromatic carbocycles. The van der Waals surface area contributed by atoms with Gasteiger partial charge < -0.3 is 31.1 Å². The van der Waals surface area contributed by atoms with E-state index in [1.54, 1.807) is 30.3 Å². The van der Waals surface area contributed by atoms with Crippen molar-refractivity contribution in [1.82, 2.24) is 24.8 Å². The van der Waals surface area contributed by atoms with Crippen molar-refractivity contribution in [2.45, 2.75) is 30.6 Å². The number of carbonyl (C=O) groups excluding carboxylic acids is 1. The van der Waals surface area contributed by atoms with Crippen LogP contribution in [0.5, 0.6) is 0 Å². The number of fused-ring (bicyclic) bond motifs is 1. The number of carboxylic acid groups (broad SMARTS) is 1. The fourth-order valence-electron chi connectivity index (χ4n) is 3.36. The van der Waals surface area contributed by atoms with Crippen molar-refractivity contribution in [1.29, 1.82) is 0 Å². The molecule has 5 atom stereocenters. The van der Waals surface area contributed by atoms with E-state index in [0.717, 1.165) is 0 Å². The van der Waals surface area contributed by atoms with E-state index < -0.39 is 42.5 Å². The summed E-state index contributed by atoms with van der Waals surface area (Å²) in [5.74, 6) is -2.16. The van der Waals surface area contributed by atoms with Gasteiger partial charge in [-0.1, -0.05) is 30.3 Å². The molecular weight excluding hydrogens is 396 g/mol. The Kier molecular flexibility index (Phi) is 5.03. The maximum atomic E-state index is 12.5. The average molecular weight is 414 g/mol. The van der Waals surface area contributed by atoms with Crippen LogP contribution in [0.2, 0.25) is 0 Å². The van der Waals surface area contributed by atoms with E-state index in [9.17, 15) is 24.9 Å². The zero-order chi connectivity index (χ0) is 21.4. The number of ether oxygens (including phenoxy) is 1. The summed E-state index contributed by atoms with van der Waals surface area (Å²) < 4.78 is 6.82. The first kappa shape index (κ1) is 19.7. The van der Waals surface area contributed by atoms with Crippen molar-refractivity contribution in [3.63, 3.8) is 0 Å². The lowest BCUT2D eigenvalue weighted by Gasteiger charge is -2.22. The zero-order valence-electron chi connectivity index (χ0n) is 15.4. The molecule has 1 fully saturated rings. The Balaban J connectivity index is 1.60. The quantitative estimate of drug-likeness (QED) is 0.345. The van der Waals surface area contributed by atoms with Gasteiger partial charge in [-0.3, -0.25) is 9.36 Å². The fourth-order valence-corrected chi connectivity index (χ4v) is 3.36. The minimum atomic E-state index is -1.58. The second kappa shape index (κ2) is 7.67. The Morgan fingerprint density at radius 1 is 1.20 bits per heavy atom. The highest BCUT2D eigenvalue weighted by Gasteiger charge is 2.50. The van der Waals surface area contributed by atoms with Gasteiger partial charge in [-0.25, -0.2) is 19.7 Å². The summed E-state index contributed by atoms with van der Waals surface area (Å²) in [6.07, 6.45) is -3.34. The highest BCUT2D eigenvalue weighted by Crippen LogP contribution is 2.32. The van der Waals surface area contributed by atoms with Crippen LogP contribution >= 0.6 is 0 Å². The molecule has 156 valence electrons. The van der Waals surface area contributed by atoms with Gasteiger partial charge in [0.15, 0.2) is 29.9 Å². The number of anilines is 1. The number of amides is 1. The van der Waals surface area contributed by atoms with Crippen molar-refractivity contribution in [2.24, 2.45) is 0 Å². The van der Waals surface area contributed by atoms with Gasteiger partial charge in [0, 0.05) is 0 Å². The molecule has 0 spiro atoms. The van der Waals surface area contributed by atoms with E-state index in [4.69, 9.17) is 10.5 Å². The number of imidazole rings is 1. The van der Waals surface area contributed by atoms with Crippen LogP contribution in [0.4, 0.5) is 5.82 Å². The molecule has 2 aromatic heterocycles. The Labute approximate surface area is 169 Å². The smallest absolute Gasteiger partial charge is 0.335 e. The summed E-state index contributed by atoms with van der Waals surface area (Å²) >= 11 is 0. The molecule has 1 amide bonds. The van der Waals surface area contributed by atoms with E-state index in [2.05, 4.69) is 20.3 Å². The van der Waals surface area contributed by atoms with E-state index in [1.165, 1.54) is 17.2 Å². The predicted octanol–water partition coefficient (Wildman–Crippen LogP) is -1.03. The topological polar surface area (TPSA) is 186 Å². The average Bonchev–Trinajstić information content (AvgIpc) is 3.30. The Morgan fingerprint density at radius 2 is 1.93 bits per heavy atom. The number of carboxylic acids is 1. The predicted molar refractivity (Wildman–Crippen MR) is 101 cm³/mol. The number of nitrogens with one attached hydrogen (secondary N) is 1. The molecule has 0 radical (unpaired) electrons. The van der Waals surface area contributed by atoms with Crippen LogP contribution in [0, 0.1) is 0 Å². The van der Waals surface area contributed by atoms with Crippen molar-refractivity contribution in [2.75, 3.05) is 5.73 Å². The van der Waals surface area contributed by atoms with E-state index in [-0.39, 0.29) is 17.0 Å². The third kappa shape index (κ3) is 3.32. The first-order valence-electron chi connectivity index (χ1n) is 8.91. The number of nitrogen functional groups attached to an aromatic ring is 1. The normalized spacial score (nSPS) is 24.6. The van der Waals surface area contributed by atoms with Crippen LogP contribution < -0.4 is 11.1 Å². The first-order valence-corrected chi connectivity index (χ1v) is 8.91. The SMILES string of the molecule is Nc1ncnc2c1ncn2[C@@H]1O[C@H](C(=O)O)[C@@H](NC(=O)[C@H](O)c2ccccc2)[C@H]1O. The maximum Gasteiger partial charge on any atom is 0.335 e. The number of nitrogens with two attached hydrogens (primary N) is 1. The molecule has 0 saturated carbocycles. The third-order valence-corrected chi connectivity index (χ3v) is 4.85. The van der Waals surface area contributed by atoms with Gasteiger partial charge in [-0.2, -0.15) is 0 Å². The van der Waals surface area contributed by atoms with Gasteiger partial charge in [-0.15, -0.1) is 0 Å². The molecule has 3 heterocycles. The summed E-state index contributed by atoms with van der Waals surface area (Å²) in [6.45, 7) is 0. The van der Waals surface area contributed by atoms with Crippen molar-refractivity contribution in [3.8, 4) is 0 Å². The van der Waals surface area contributed by atoms with E-state index in [0.29, 0.717) is 5.56 Å². The summed E-state index contributed by atoms with van der Waals surface area (Å²) in [5.41, 5.74) is 6.56. The second-order valence-electron chi connectivity index (χ2n) is 6.71. The number of benzene rings is 1. The number of aliphatic hydroxyl groups excluding tert-OH is 2. The number of nitrogens with zero attached hydrogens (tertiary/aromatic N) is 4. The summed E-state index contributed by atoms with van der Waals surface area (Å²) in [6, 6.07) is 6.77. The van der Waals surface area contributed by atoms with Crippen molar-refractivity contribution < 1.29 is 29.6 Å². The highest BCUT2D eigenvalue weighted by atomic mass is 16.6. The van der Waals surface area contributed by atoms with Crippen LogP contribution in [0.1, 0.15) is 17.9 Å². The largest absolute Gasteiger partial charge is 0.479 e. The van der Waals surface area contributed by atoms with E-state index >= 15 is 0 Å². The van der Waals surface area contributed by atoms with Crippen LogP contribution in [-0.2, 0) is 14.3 Å². The summed E-state index contributed by atoms with van der Waals surface area (Å²) in [5, 5.41) is 32.9. The zero-order valence-corrected chi connectivity index (χ0v) is 15.4. The molecule has 1 aliphatic heterocycles. The van der Waals surface area contributed by atoms with Gasteiger partial charge in [0.2, 0.25) is 0 Å². The Bertz CT molecular complexity index is 1090.